The highest BCUT2D eigenvalue weighted by Gasteiger charge is 2.46. The first kappa shape index (κ1) is 33.2. The van der Waals surface area contributed by atoms with Crippen molar-refractivity contribution in [2.75, 3.05) is 13.7 Å². The zero-order chi connectivity index (χ0) is 32.8. The molecule has 6 heteroatoms. The van der Waals surface area contributed by atoms with Crippen molar-refractivity contribution < 1.29 is 28.4 Å². The van der Waals surface area contributed by atoms with Crippen LogP contribution in [0.25, 0.3) is 6.08 Å². The van der Waals surface area contributed by atoms with E-state index in [-0.39, 0.29) is 0 Å². The molecule has 5 aromatic carbocycles. The summed E-state index contributed by atoms with van der Waals surface area (Å²) in [5.74, 6) is 1.44. The Hall–Kier alpha value is -4.72. The lowest BCUT2D eigenvalue weighted by Gasteiger charge is -2.43. The average Bonchev–Trinajstić information content (AvgIpc) is 3.15. The van der Waals surface area contributed by atoms with Gasteiger partial charge in [0, 0.05) is 0 Å². The second-order valence-electron chi connectivity index (χ2n) is 11.7. The van der Waals surface area contributed by atoms with Crippen LogP contribution >= 0.6 is 0 Å². The van der Waals surface area contributed by atoms with E-state index in [2.05, 4.69) is 48.5 Å². The van der Waals surface area contributed by atoms with Crippen molar-refractivity contribution in [3.8, 4) is 5.75 Å². The fourth-order valence-electron chi connectivity index (χ4n) is 5.69. The minimum Gasteiger partial charge on any atom is -0.497 e. The first-order valence-corrected chi connectivity index (χ1v) is 16.4. The van der Waals surface area contributed by atoms with Gasteiger partial charge in [0.25, 0.3) is 0 Å². The summed E-state index contributed by atoms with van der Waals surface area (Å²) in [6.07, 6.45) is -0.0351. The van der Waals surface area contributed by atoms with Gasteiger partial charge in [-0.3, -0.25) is 0 Å². The fraction of sp³-hybridized carbons (Fsp3) is 0.238. The third-order valence-corrected chi connectivity index (χ3v) is 8.22. The maximum absolute atomic E-state index is 6.84. The molecule has 0 bridgehead atoms. The van der Waals surface area contributed by atoms with E-state index in [9.17, 15) is 0 Å². The zero-order valence-corrected chi connectivity index (χ0v) is 27.2. The third kappa shape index (κ3) is 9.43. The van der Waals surface area contributed by atoms with Crippen LogP contribution in [0.3, 0.4) is 0 Å². The van der Waals surface area contributed by atoms with E-state index in [4.69, 9.17) is 28.4 Å². The molecule has 0 N–H and O–H groups in total. The molecule has 4 atom stereocenters. The van der Waals surface area contributed by atoms with Crippen molar-refractivity contribution in [2.45, 2.75) is 50.8 Å². The minimum atomic E-state index is -0.567. The lowest BCUT2D eigenvalue weighted by molar-refractivity contribution is -0.222. The molecule has 0 amide bonds. The second kappa shape index (κ2) is 17.4. The maximum Gasteiger partial charge on any atom is 0.150 e. The van der Waals surface area contributed by atoms with Crippen molar-refractivity contribution in [1.29, 1.82) is 0 Å². The number of hydrogen-bond donors (Lipinski definition) is 0. The van der Waals surface area contributed by atoms with Gasteiger partial charge in [-0.15, -0.1) is 0 Å². The van der Waals surface area contributed by atoms with Crippen LogP contribution in [-0.4, -0.2) is 38.1 Å². The number of ether oxygens (including phenoxy) is 6. The highest BCUT2D eigenvalue weighted by Crippen LogP contribution is 2.34. The Morgan fingerprint density at radius 3 is 1.48 bits per heavy atom. The first-order valence-electron chi connectivity index (χ1n) is 16.4. The summed E-state index contributed by atoms with van der Waals surface area (Å²) in [6, 6.07) is 48.5. The highest BCUT2D eigenvalue weighted by atomic mass is 16.6. The Labute approximate surface area is 283 Å². The molecule has 0 spiro atoms. The smallest absolute Gasteiger partial charge is 0.150 e. The zero-order valence-electron chi connectivity index (χ0n) is 27.2. The molecular formula is C42H42O6. The molecule has 0 aromatic heterocycles. The Morgan fingerprint density at radius 2 is 0.979 bits per heavy atom. The fourth-order valence-corrected chi connectivity index (χ4v) is 5.69. The lowest BCUT2D eigenvalue weighted by atomic mass is 9.95. The topological polar surface area (TPSA) is 55.4 Å². The van der Waals surface area contributed by atoms with Gasteiger partial charge in [-0.1, -0.05) is 133 Å². The van der Waals surface area contributed by atoms with Gasteiger partial charge < -0.3 is 28.4 Å². The molecule has 6 rings (SSSR count). The second-order valence-corrected chi connectivity index (χ2v) is 11.7. The molecule has 1 fully saturated rings. The molecule has 0 radical (unpaired) electrons. The SMILES string of the molecule is COc1ccc(/C=C2\O[C@H](COCc3ccccc3)[C@@H](OCc3ccccc3)[C@H](OCc3ccccc3)[C@H]2OCc2ccccc2)cc1. The van der Waals surface area contributed by atoms with Crippen LogP contribution in [0.15, 0.2) is 151 Å². The third-order valence-electron chi connectivity index (χ3n) is 8.22. The number of rotatable bonds is 15. The summed E-state index contributed by atoms with van der Waals surface area (Å²) in [7, 11) is 1.66. The normalized spacial score (nSPS) is 19.9. The molecule has 1 aliphatic rings. The summed E-state index contributed by atoms with van der Waals surface area (Å²) in [5.41, 5.74) is 5.21. The van der Waals surface area contributed by atoms with Crippen molar-refractivity contribution in [3.63, 3.8) is 0 Å². The van der Waals surface area contributed by atoms with Gasteiger partial charge in [-0.2, -0.15) is 0 Å². The Balaban J connectivity index is 1.35. The molecule has 5 aromatic rings. The molecule has 1 saturated heterocycles. The standard InChI is InChI=1S/C42H42O6/c1-43-37-24-22-32(23-25-37)26-38-40(45-28-34-16-8-3-9-17-34)42(47-30-36-20-12-5-13-21-36)41(46-29-35-18-10-4-11-19-35)39(48-38)31-44-27-33-14-6-2-7-15-33/h2-26,39-42H,27-31H2,1H3/b38-26-/t39-,40+,41-,42-/m1/s1. The molecule has 6 nitrogen and oxygen atoms in total. The van der Waals surface area contributed by atoms with Gasteiger partial charge in [-0.05, 0) is 46.0 Å². The van der Waals surface area contributed by atoms with Gasteiger partial charge in [0.15, 0.2) is 6.10 Å². The summed E-state index contributed by atoms with van der Waals surface area (Å²) in [5, 5.41) is 0. The van der Waals surface area contributed by atoms with Gasteiger partial charge in [0.2, 0.25) is 0 Å². The van der Waals surface area contributed by atoms with E-state index in [0.717, 1.165) is 33.6 Å². The van der Waals surface area contributed by atoms with Crippen LogP contribution in [0.1, 0.15) is 27.8 Å². The summed E-state index contributed by atoms with van der Waals surface area (Å²) in [6.45, 7) is 1.89. The van der Waals surface area contributed by atoms with Crippen molar-refractivity contribution in [2.24, 2.45) is 0 Å². The maximum atomic E-state index is 6.84. The van der Waals surface area contributed by atoms with Crippen LogP contribution in [-0.2, 0) is 50.1 Å². The Morgan fingerprint density at radius 1 is 0.521 bits per heavy atom. The largest absolute Gasteiger partial charge is 0.497 e. The number of benzene rings is 5. The van der Waals surface area contributed by atoms with E-state index in [1.54, 1.807) is 7.11 Å². The summed E-state index contributed by atoms with van der Waals surface area (Å²) >= 11 is 0. The average molecular weight is 643 g/mol. The summed E-state index contributed by atoms with van der Waals surface area (Å²) in [4.78, 5) is 0. The van der Waals surface area contributed by atoms with E-state index >= 15 is 0 Å². The van der Waals surface area contributed by atoms with Crippen LogP contribution in [0, 0.1) is 0 Å². The predicted molar refractivity (Wildman–Crippen MR) is 187 cm³/mol. The van der Waals surface area contributed by atoms with Crippen LogP contribution in [0.5, 0.6) is 5.75 Å². The van der Waals surface area contributed by atoms with Gasteiger partial charge in [-0.25, -0.2) is 0 Å². The van der Waals surface area contributed by atoms with E-state index in [1.807, 2.05) is 103 Å². The van der Waals surface area contributed by atoms with Crippen molar-refractivity contribution in [3.05, 3.63) is 179 Å². The molecule has 1 aliphatic heterocycles. The molecule has 0 saturated carbocycles. The number of hydrogen-bond acceptors (Lipinski definition) is 6. The summed E-state index contributed by atoms with van der Waals surface area (Å²) < 4.78 is 38.9. The van der Waals surface area contributed by atoms with Crippen LogP contribution in [0.4, 0.5) is 0 Å². The predicted octanol–water partition coefficient (Wildman–Crippen LogP) is 8.41. The minimum absolute atomic E-state index is 0.297. The van der Waals surface area contributed by atoms with Gasteiger partial charge in [0.1, 0.15) is 29.8 Å². The Kier molecular flexibility index (Phi) is 12.1. The van der Waals surface area contributed by atoms with E-state index in [1.165, 1.54) is 0 Å². The molecule has 1 heterocycles. The Bertz CT molecular complexity index is 1660. The molecular weight excluding hydrogens is 600 g/mol. The van der Waals surface area contributed by atoms with Crippen LogP contribution < -0.4 is 4.74 Å². The molecule has 0 unspecified atom stereocenters. The van der Waals surface area contributed by atoms with Crippen molar-refractivity contribution >= 4 is 6.08 Å². The molecule has 48 heavy (non-hydrogen) atoms. The first-order chi connectivity index (χ1) is 23.7. The monoisotopic (exact) mass is 642 g/mol. The van der Waals surface area contributed by atoms with Gasteiger partial charge >= 0.3 is 0 Å². The highest BCUT2D eigenvalue weighted by molar-refractivity contribution is 5.54. The number of methoxy groups -OCH3 is 1. The van der Waals surface area contributed by atoms with E-state index in [0.29, 0.717) is 38.8 Å². The van der Waals surface area contributed by atoms with Crippen LogP contribution in [0.2, 0.25) is 0 Å². The molecule has 0 aliphatic carbocycles. The molecule has 246 valence electrons. The van der Waals surface area contributed by atoms with Gasteiger partial charge in [0.05, 0.1) is 40.1 Å². The van der Waals surface area contributed by atoms with E-state index < -0.39 is 24.4 Å². The van der Waals surface area contributed by atoms with Crippen molar-refractivity contribution in [1.82, 2.24) is 0 Å². The lowest BCUT2D eigenvalue weighted by Crippen LogP contribution is -2.56. The quantitative estimate of drug-likeness (QED) is 0.114.